The van der Waals surface area contributed by atoms with Crippen LogP contribution >= 0.6 is 11.8 Å². The maximum absolute atomic E-state index is 5.55. The summed E-state index contributed by atoms with van der Waals surface area (Å²) in [4.78, 5) is 0. The number of nitrogens with zero attached hydrogens (tertiary/aromatic N) is 5. The van der Waals surface area contributed by atoms with Gasteiger partial charge in [-0.3, -0.25) is 4.68 Å². The Kier molecular flexibility index (Phi) is 3.58. The van der Waals surface area contributed by atoms with E-state index >= 15 is 0 Å². The van der Waals surface area contributed by atoms with E-state index in [4.69, 9.17) is 5.73 Å². The lowest BCUT2D eigenvalue weighted by Crippen LogP contribution is -2.12. The first-order valence-corrected chi connectivity index (χ1v) is 6.00. The average Bonchev–Trinajstić information content (AvgIpc) is 2.89. The molecule has 0 aliphatic carbocycles. The van der Waals surface area contributed by atoms with Crippen LogP contribution in [0.15, 0.2) is 23.6 Å². The number of aryl methyl sites for hydroxylation is 1. The van der Waals surface area contributed by atoms with Crippen LogP contribution in [0, 0.1) is 6.92 Å². The number of nitrogens with two attached hydrogens (primary N) is 1. The molecule has 0 amide bonds. The van der Waals surface area contributed by atoms with Crippen LogP contribution in [0.3, 0.4) is 0 Å². The van der Waals surface area contributed by atoms with E-state index in [-0.39, 0.29) is 0 Å². The first-order chi connectivity index (χ1) is 7.81. The summed E-state index contributed by atoms with van der Waals surface area (Å²) in [6.45, 7) is 3.27. The zero-order valence-electron chi connectivity index (χ0n) is 9.08. The molecule has 2 aromatic heterocycles. The van der Waals surface area contributed by atoms with Gasteiger partial charge in [-0.1, -0.05) is 11.8 Å². The van der Waals surface area contributed by atoms with Gasteiger partial charge in [0.25, 0.3) is 0 Å². The summed E-state index contributed by atoms with van der Waals surface area (Å²) in [5.41, 5.74) is 5.55. The van der Waals surface area contributed by atoms with Gasteiger partial charge >= 0.3 is 0 Å². The molecule has 0 radical (unpaired) electrons. The minimum Gasteiger partial charge on any atom is -0.329 e. The zero-order valence-corrected chi connectivity index (χ0v) is 9.89. The predicted molar refractivity (Wildman–Crippen MR) is 61.9 cm³/mol. The number of aromatic nitrogens is 5. The summed E-state index contributed by atoms with van der Waals surface area (Å²) in [5, 5.41) is 13.2. The molecule has 0 aromatic carbocycles. The first kappa shape index (κ1) is 11.2. The maximum Gasteiger partial charge on any atom is 0.193 e. The lowest BCUT2D eigenvalue weighted by Gasteiger charge is -2.06. The fraction of sp³-hybridized carbons (Fsp3) is 0.444. The van der Waals surface area contributed by atoms with Crippen molar-refractivity contribution in [2.45, 2.75) is 24.5 Å². The Morgan fingerprint density at radius 1 is 1.44 bits per heavy atom. The van der Waals surface area contributed by atoms with Gasteiger partial charge < -0.3 is 10.3 Å². The molecule has 2 rings (SSSR count). The first-order valence-electron chi connectivity index (χ1n) is 5.01. The molecule has 2 N–H and O–H groups in total. The summed E-state index contributed by atoms with van der Waals surface area (Å²) in [5.74, 6) is 1.63. The molecule has 0 bridgehead atoms. The second-order valence-electron chi connectivity index (χ2n) is 3.29. The summed E-state index contributed by atoms with van der Waals surface area (Å²) in [6.07, 6.45) is 3.68. The minimum atomic E-state index is 0.591. The fourth-order valence-electron chi connectivity index (χ4n) is 1.36. The SMILES string of the molecule is Cc1nnc(SCn2cccn2)n1CCN. The van der Waals surface area contributed by atoms with Gasteiger partial charge in [0.1, 0.15) is 5.82 Å². The van der Waals surface area contributed by atoms with Crippen LogP contribution in [0.1, 0.15) is 5.82 Å². The van der Waals surface area contributed by atoms with Gasteiger partial charge in [-0.05, 0) is 13.0 Å². The van der Waals surface area contributed by atoms with Crippen LogP contribution in [0.4, 0.5) is 0 Å². The molecule has 6 nitrogen and oxygen atoms in total. The van der Waals surface area contributed by atoms with Crippen LogP contribution in [0.2, 0.25) is 0 Å². The van der Waals surface area contributed by atoms with Crippen molar-refractivity contribution in [1.29, 1.82) is 0 Å². The molecule has 0 saturated heterocycles. The lowest BCUT2D eigenvalue weighted by molar-refractivity contribution is 0.625. The second-order valence-corrected chi connectivity index (χ2v) is 4.20. The molecule has 7 heteroatoms. The van der Waals surface area contributed by atoms with Gasteiger partial charge in [0.2, 0.25) is 0 Å². The van der Waals surface area contributed by atoms with Crippen molar-refractivity contribution in [2.24, 2.45) is 5.73 Å². The monoisotopic (exact) mass is 238 g/mol. The quantitative estimate of drug-likeness (QED) is 0.767. The number of rotatable bonds is 5. The third-order valence-electron chi connectivity index (χ3n) is 2.14. The van der Waals surface area contributed by atoms with Crippen molar-refractivity contribution in [1.82, 2.24) is 24.5 Å². The van der Waals surface area contributed by atoms with Crippen LogP contribution in [0.25, 0.3) is 0 Å². The van der Waals surface area contributed by atoms with Crippen LogP contribution in [-0.2, 0) is 12.4 Å². The molecule has 2 aromatic rings. The maximum atomic E-state index is 5.55. The van der Waals surface area contributed by atoms with Crippen molar-refractivity contribution in [3.05, 3.63) is 24.3 Å². The smallest absolute Gasteiger partial charge is 0.193 e. The third kappa shape index (κ3) is 2.42. The van der Waals surface area contributed by atoms with E-state index in [1.165, 1.54) is 0 Å². The molecule has 86 valence electrons. The summed E-state index contributed by atoms with van der Waals surface area (Å²) >= 11 is 1.60. The van der Waals surface area contributed by atoms with E-state index in [0.29, 0.717) is 6.54 Å². The molecule has 0 fully saturated rings. The number of hydrogen-bond donors (Lipinski definition) is 1. The van der Waals surface area contributed by atoms with E-state index in [2.05, 4.69) is 15.3 Å². The van der Waals surface area contributed by atoms with Gasteiger partial charge in [0, 0.05) is 25.5 Å². The molecule has 16 heavy (non-hydrogen) atoms. The Bertz CT molecular complexity index is 435. The second kappa shape index (κ2) is 5.13. The third-order valence-corrected chi connectivity index (χ3v) is 3.09. The van der Waals surface area contributed by atoms with Crippen LogP contribution in [-0.4, -0.2) is 31.1 Å². The number of thioether (sulfide) groups is 1. The summed E-state index contributed by atoms with van der Waals surface area (Å²) < 4.78 is 3.87. The topological polar surface area (TPSA) is 74.5 Å². The Morgan fingerprint density at radius 2 is 2.31 bits per heavy atom. The molecule has 0 atom stereocenters. The Labute approximate surface area is 97.8 Å². The van der Waals surface area contributed by atoms with Gasteiger partial charge in [-0.25, -0.2) is 0 Å². The standard InChI is InChI=1S/C9H14N6S/c1-8-12-13-9(15(8)6-3-10)16-7-14-5-2-4-11-14/h2,4-5H,3,6-7,10H2,1H3. The predicted octanol–water partition coefficient (Wildman–Crippen LogP) is 0.492. The largest absolute Gasteiger partial charge is 0.329 e. The summed E-state index contributed by atoms with van der Waals surface area (Å²) in [6, 6.07) is 1.90. The molecule has 0 aliphatic heterocycles. The van der Waals surface area contributed by atoms with Crippen LogP contribution < -0.4 is 5.73 Å². The van der Waals surface area contributed by atoms with Crippen LogP contribution in [0.5, 0.6) is 0 Å². The highest BCUT2D eigenvalue weighted by Gasteiger charge is 2.08. The zero-order chi connectivity index (χ0) is 11.4. The molecule has 2 heterocycles. The Balaban J connectivity index is 2.03. The summed E-state index contributed by atoms with van der Waals surface area (Å²) in [7, 11) is 0. The van der Waals surface area contributed by atoms with Gasteiger partial charge in [0.15, 0.2) is 5.16 Å². The molecule has 0 spiro atoms. The molecular weight excluding hydrogens is 224 g/mol. The minimum absolute atomic E-state index is 0.591. The highest BCUT2D eigenvalue weighted by molar-refractivity contribution is 7.98. The van der Waals surface area contributed by atoms with Crippen molar-refractivity contribution >= 4 is 11.8 Å². The van der Waals surface area contributed by atoms with E-state index in [1.807, 2.05) is 28.4 Å². The van der Waals surface area contributed by atoms with Crippen molar-refractivity contribution in [3.8, 4) is 0 Å². The molecule has 0 aliphatic rings. The fourth-order valence-corrected chi connectivity index (χ4v) is 2.23. The van der Waals surface area contributed by atoms with Gasteiger partial charge in [-0.15, -0.1) is 10.2 Å². The van der Waals surface area contributed by atoms with Gasteiger partial charge in [-0.2, -0.15) is 5.10 Å². The molecular formula is C9H14N6S. The normalized spacial score (nSPS) is 10.9. The molecule has 0 saturated carbocycles. The van der Waals surface area contributed by atoms with Gasteiger partial charge in [0.05, 0.1) is 5.88 Å². The van der Waals surface area contributed by atoms with Crippen molar-refractivity contribution in [2.75, 3.05) is 6.54 Å². The lowest BCUT2D eigenvalue weighted by atomic mass is 10.6. The Morgan fingerprint density at radius 3 is 3.00 bits per heavy atom. The van der Waals surface area contributed by atoms with Crippen molar-refractivity contribution in [3.63, 3.8) is 0 Å². The van der Waals surface area contributed by atoms with Crippen molar-refractivity contribution < 1.29 is 0 Å². The van der Waals surface area contributed by atoms with E-state index < -0.39 is 0 Å². The van der Waals surface area contributed by atoms with E-state index in [9.17, 15) is 0 Å². The molecule has 0 unspecified atom stereocenters. The highest BCUT2D eigenvalue weighted by atomic mass is 32.2. The Hall–Kier alpha value is -1.34. The highest BCUT2D eigenvalue weighted by Crippen LogP contribution is 2.17. The van der Waals surface area contributed by atoms with E-state index in [0.717, 1.165) is 23.4 Å². The van der Waals surface area contributed by atoms with E-state index in [1.54, 1.807) is 18.0 Å². The number of hydrogen-bond acceptors (Lipinski definition) is 5. The average molecular weight is 238 g/mol.